The number of ether oxygens (including phenoxy) is 2. The first-order valence-corrected chi connectivity index (χ1v) is 9.57. The van der Waals surface area contributed by atoms with Gasteiger partial charge in [0.25, 0.3) is 5.91 Å². The van der Waals surface area contributed by atoms with Gasteiger partial charge in [-0.15, -0.1) is 0 Å². The molecule has 148 valence electrons. The van der Waals surface area contributed by atoms with E-state index in [4.69, 9.17) is 9.47 Å². The molecule has 0 radical (unpaired) electrons. The Morgan fingerprint density at radius 3 is 2.64 bits per heavy atom. The standard InChI is InChI=1S/C22H26N2O4/c1-27-17-11-8-16(9-12-17)10-13-21(25)24-20-7-3-2-6-19(20)22(26)23-15-18-5-4-14-28-18/h2-3,6-9,11-12,18H,4-5,10,13-15H2,1H3,(H,23,26)(H,24,25). The van der Waals surface area contributed by atoms with Crippen molar-refractivity contribution in [2.24, 2.45) is 0 Å². The molecule has 6 nitrogen and oxygen atoms in total. The van der Waals surface area contributed by atoms with Crippen molar-refractivity contribution in [3.63, 3.8) is 0 Å². The van der Waals surface area contributed by atoms with Crippen LogP contribution in [-0.2, 0) is 16.0 Å². The van der Waals surface area contributed by atoms with Crippen molar-refractivity contribution in [3.05, 3.63) is 59.7 Å². The molecular weight excluding hydrogens is 356 g/mol. The second-order valence-electron chi connectivity index (χ2n) is 6.79. The van der Waals surface area contributed by atoms with Crippen molar-refractivity contribution in [1.29, 1.82) is 0 Å². The van der Waals surface area contributed by atoms with Gasteiger partial charge in [0.2, 0.25) is 5.91 Å². The van der Waals surface area contributed by atoms with Crippen molar-refractivity contribution < 1.29 is 19.1 Å². The van der Waals surface area contributed by atoms with Gasteiger partial charge in [0.05, 0.1) is 24.5 Å². The van der Waals surface area contributed by atoms with Crippen LogP contribution in [0.5, 0.6) is 5.75 Å². The smallest absolute Gasteiger partial charge is 0.253 e. The summed E-state index contributed by atoms with van der Waals surface area (Å²) in [5.74, 6) is 0.452. The predicted molar refractivity (Wildman–Crippen MR) is 108 cm³/mol. The Hall–Kier alpha value is -2.86. The SMILES string of the molecule is COc1ccc(CCC(=O)Nc2ccccc2C(=O)NCC2CCCO2)cc1. The number of nitrogens with one attached hydrogen (secondary N) is 2. The van der Waals surface area contributed by atoms with Crippen LogP contribution in [0.4, 0.5) is 5.69 Å². The van der Waals surface area contributed by atoms with Crippen molar-refractivity contribution in [2.45, 2.75) is 31.8 Å². The first-order chi connectivity index (χ1) is 13.7. The van der Waals surface area contributed by atoms with Crippen molar-refractivity contribution in [2.75, 3.05) is 25.6 Å². The number of anilines is 1. The normalized spacial score (nSPS) is 15.8. The van der Waals surface area contributed by atoms with Gasteiger partial charge >= 0.3 is 0 Å². The van der Waals surface area contributed by atoms with Crippen LogP contribution in [0, 0.1) is 0 Å². The van der Waals surface area contributed by atoms with Crippen LogP contribution in [0.1, 0.15) is 35.2 Å². The van der Waals surface area contributed by atoms with Crippen LogP contribution in [0.25, 0.3) is 0 Å². The molecule has 0 saturated carbocycles. The van der Waals surface area contributed by atoms with Crippen LogP contribution < -0.4 is 15.4 Å². The second-order valence-corrected chi connectivity index (χ2v) is 6.79. The van der Waals surface area contributed by atoms with E-state index in [1.807, 2.05) is 24.3 Å². The molecule has 2 aromatic rings. The molecule has 28 heavy (non-hydrogen) atoms. The molecule has 1 aliphatic rings. The Balaban J connectivity index is 1.54. The molecule has 6 heteroatoms. The zero-order valence-electron chi connectivity index (χ0n) is 16.1. The van der Waals surface area contributed by atoms with Gasteiger partial charge in [-0.05, 0) is 49.1 Å². The minimum absolute atomic E-state index is 0.0789. The van der Waals surface area contributed by atoms with Crippen molar-refractivity contribution in [3.8, 4) is 5.75 Å². The number of aryl methyl sites for hydroxylation is 1. The van der Waals surface area contributed by atoms with Gasteiger partial charge < -0.3 is 20.1 Å². The van der Waals surface area contributed by atoms with E-state index < -0.39 is 0 Å². The van der Waals surface area contributed by atoms with E-state index in [2.05, 4.69) is 10.6 Å². The average molecular weight is 382 g/mol. The molecule has 1 saturated heterocycles. The highest BCUT2D eigenvalue weighted by molar-refractivity contribution is 6.03. The summed E-state index contributed by atoms with van der Waals surface area (Å²) in [6, 6.07) is 14.7. The van der Waals surface area contributed by atoms with Crippen LogP contribution in [0.3, 0.4) is 0 Å². The maximum atomic E-state index is 12.5. The Morgan fingerprint density at radius 1 is 1.14 bits per heavy atom. The van der Waals surface area contributed by atoms with E-state index in [-0.39, 0.29) is 17.9 Å². The monoisotopic (exact) mass is 382 g/mol. The molecule has 1 atom stereocenters. The molecular formula is C22H26N2O4. The molecule has 1 aliphatic heterocycles. The second kappa shape index (κ2) is 9.90. The van der Waals surface area contributed by atoms with Gasteiger partial charge in [0.15, 0.2) is 0 Å². The number of amides is 2. The lowest BCUT2D eigenvalue weighted by atomic mass is 10.1. The van der Waals surface area contributed by atoms with Crippen LogP contribution >= 0.6 is 0 Å². The minimum atomic E-state index is -0.207. The van der Waals surface area contributed by atoms with Gasteiger partial charge in [-0.2, -0.15) is 0 Å². The summed E-state index contributed by atoms with van der Waals surface area (Å²) < 4.78 is 10.7. The van der Waals surface area contributed by atoms with Crippen molar-refractivity contribution >= 4 is 17.5 Å². The number of carbonyl (C=O) groups is 2. The number of hydrogen-bond donors (Lipinski definition) is 2. The van der Waals surface area contributed by atoms with Gasteiger partial charge in [0.1, 0.15) is 5.75 Å². The minimum Gasteiger partial charge on any atom is -0.497 e. The Labute approximate surface area is 165 Å². The fourth-order valence-corrected chi connectivity index (χ4v) is 3.16. The van der Waals surface area contributed by atoms with Crippen molar-refractivity contribution in [1.82, 2.24) is 5.32 Å². The molecule has 1 unspecified atom stereocenters. The Bertz CT molecular complexity index is 798. The van der Waals surface area contributed by atoms with E-state index in [1.165, 1.54) is 0 Å². The number of methoxy groups -OCH3 is 1. The first kappa shape index (κ1) is 19.9. The maximum Gasteiger partial charge on any atom is 0.253 e. The average Bonchev–Trinajstić information content (AvgIpc) is 3.25. The summed E-state index contributed by atoms with van der Waals surface area (Å²) in [6.45, 7) is 1.24. The topological polar surface area (TPSA) is 76.7 Å². The van der Waals surface area contributed by atoms with E-state index in [0.29, 0.717) is 30.6 Å². The fourth-order valence-electron chi connectivity index (χ4n) is 3.16. The lowest BCUT2D eigenvalue weighted by Crippen LogP contribution is -2.32. The van der Waals surface area contributed by atoms with E-state index >= 15 is 0 Å². The Kier molecular flexibility index (Phi) is 7.03. The summed E-state index contributed by atoms with van der Waals surface area (Å²) in [5, 5.41) is 5.75. The largest absolute Gasteiger partial charge is 0.497 e. The van der Waals surface area contributed by atoms with E-state index in [0.717, 1.165) is 30.8 Å². The zero-order valence-corrected chi connectivity index (χ0v) is 16.1. The third-order valence-electron chi connectivity index (χ3n) is 4.76. The molecule has 2 amide bonds. The molecule has 0 aromatic heterocycles. The Morgan fingerprint density at radius 2 is 1.93 bits per heavy atom. The third-order valence-corrected chi connectivity index (χ3v) is 4.76. The van der Waals surface area contributed by atoms with Gasteiger partial charge in [-0.25, -0.2) is 0 Å². The molecule has 2 aromatic carbocycles. The van der Waals surface area contributed by atoms with E-state index in [1.54, 1.807) is 31.4 Å². The molecule has 1 fully saturated rings. The lowest BCUT2D eigenvalue weighted by molar-refractivity contribution is -0.116. The highest BCUT2D eigenvalue weighted by Crippen LogP contribution is 2.17. The summed E-state index contributed by atoms with van der Waals surface area (Å²) in [6.07, 6.45) is 3.02. The predicted octanol–water partition coefficient (Wildman–Crippen LogP) is 3.18. The summed E-state index contributed by atoms with van der Waals surface area (Å²) in [5.41, 5.74) is 2.03. The summed E-state index contributed by atoms with van der Waals surface area (Å²) >= 11 is 0. The maximum absolute atomic E-state index is 12.5. The number of para-hydroxylation sites is 1. The highest BCUT2D eigenvalue weighted by atomic mass is 16.5. The fraction of sp³-hybridized carbons (Fsp3) is 0.364. The lowest BCUT2D eigenvalue weighted by Gasteiger charge is -2.14. The van der Waals surface area contributed by atoms with Crippen LogP contribution in [0.15, 0.2) is 48.5 Å². The summed E-state index contributed by atoms with van der Waals surface area (Å²) in [7, 11) is 1.62. The third kappa shape index (κ3) is 5.57. The molecule has 0 aliphatic carbocycles. The molecule has 1 heterocycles. The van der Waals surface area contributed by atoms with Gasteiger partial charge in [-0.1, -0.05) is 24.3 Å². The highest BCUT2D eigenvalue weighted by Gasteiger charge is 2.18. The quantitative estimate of drug-likeness (QED) is 0.735. The molecule has 3 rings (SSSR count). The van der Waals surface area contributed by atoms with Gasteiger partial charge in [-0.3, -0.25) is 9.59 Å². The van der Waals surface area contributed by atoms with Crippen LogP contribution in [0.2, 0.25) is 0 Å². The number of benzene rings is 2. The molecule has 2 N–H and O–H groups in total. The van der Waals surface area contributed by atoms with E-state index in [9.17, 15) is 9.59 Å². The number of rotatable bonds is 8. The number of carbonyl (C=O) groups excluding carboxylic acids is 2. The molecule has 0 bridgehead atoms. The number of hydrogen-bond acceptors (Lipinski definition) is 4. The van der Waals surface area contributed by atoms with Gasteiger partial charge in [0, 0.05) is 19.6 Å². The van der Waals surface area contributed by atoms with Crippen LogP contribution in [-0.4, -0.2) is 38.2 Å². The summed E-state index contributed by atoms with van der Waals surface area (Å²) in [4.78, 5) is 24.9. The first-order valence-electron chi connectivity index (χ1n) is 9.57. The molecule has 0 spiro atoms. The zero-order chi connectivity index (χ0) is 19.8.